The number of halogens is 10. The summed E-state index contributed by atoms with van der Waals surface area (Å²) in [5.41, 5.74) is 9.04. The molecule has 0 radical (unpaired) electrons. The number of nitrogens with two attached hydrogens (primary N) is 1. The van der Waals surface area contributed by atoms with Crippen LogP contribution in [0.1, 0.15) is 37.2 Å². The Morgan fingerprint density at radius 1 is 0.857 bits per heavy atom. The highest BCUT2D eigenvalue weighted by molar-refractivity contribution is 5.93. The summed E-state index contributed by atoms with van der Waals surface area (Å²) in [4.78, 5) is 41.3. The molecule has 7 N–H and O–H groups in total. The van der Waals surface area contributed by atoms with Gasteiger partial charge in [0.2, 0.25) is 0 Å². The summed E-state index contributed by atoms with van der Waals surface area (Å²) in [7, 11) is 2.09. The van der Waals surface area contributed by atoms with Gasteiger partial charge >= 0.3 is 36.4 Å². The second kappa shape index (κ2) is 21.8. The maximum Gasteiger partial charge on any atom is 0.490 e. The lowest BCUT2D eigenvalue weighted by atomic mass is 10.0. The summed E-state index contributed by atoms with van der Waals surface area (Å²) in [5.74, 6) is -6.98. The van der Waals surface area contributed by atoms with Crippen molar-refractivity contribution >= 4 is 40.2 Å². The molecular weight excluding hydrogens is 870 g/mol. The summed E-state index contributed by atoms with van der Waals surface area (Å²) >= 11 is 0. The molecule has 24 heteroatoms. The van der Waals surface area contributed by atoms with Crippen LogP contribution in [-0.2, 0) is 14.4 Å². The molecule has 1 aliphatic heterocycles. The van der Waals surface area contributed by atoms with Gasteiger partial charge in [0.1, 0.15) is 29.5 Å². The topological polar surface area (TPSA) is 213 Å². The van der Waals surface area contributed by atoms with E-state index in [1.165, 1.54) is 0 Å². The molecule has 0 amide bonds. The number of carboxylic acids is 3. The third-order valence-corrected chi connectivity index (χ3v) is 8.41. The Labute approximate surface area is 350 Å². The maximum atomic E-state index is 16.5. The quantitative estimate of drug-likeness (QED) is 0.0769. The first kappa shape index (κ1) is 50.5. The van der Waals surface area contributed by atoms with Crippen molar-refractivity contribution in [1.29, 1.82) is 0 Å². The lowest BCUT2D eigenvalue weighted by Crippen LogP contribution is -2.35. The Bertz CT molecular complexity index is 2240. The first-order valence-electron chi connectivity index (χ1n) is 18.0. The minimum atomic E-state index is -5.08. The first-order chi connectivity index (χ1) is 29.3. The van der Waals surface area contributed by atoms with Crippen molar-refractivity contribution in [2.75, 3.05) is 37.8 Å². The summed E-state index contributed by atoms with van der Waals surface area (Å²) in [5, 5.41) is 26.7. The molecule has 3 heterocycles. The predicted octanol–water partition coefficient (Wildman–Crippen LogP) is 8.32. The van der Waals surface area contributed by atoms with Crippen molar-refractivity contribution < 1.29 is 83.1 Å². The molecule has 1 fully saturated rings. The number of anilines is 2. The number of nitrogen functional groups attached to an aromatic ring is 1. The highest BCUT2D eigenvalue weighted by Gasteiger charge is 2.39. The molecule has 2 aromatic heterocycles. The van der Waals surface area contributed by atoms with Crippen molar-refractivity contribution in [3.8, 4) is 22.8 Å². The zero-order valence-corrected chi connectivity index (χ0v) is 32.8. The molecule has 1 unspecified atom stereocenters. The number of hydrogen-bond acceptors (Lipinski definition) is 10. The lowest BCUT2D eigenvalue weighted by Gasteiger charge is -2.30. The van der Waals surface area contributed by atoms with Crippen LogP contribution in [0.2, 0.25) is 0 Å². The molecule has 63 heavy (non-hydrogen) atoms. The van der Waals surface area contributed by atoms with Gasteiger partial charge in [-0.25, -0.2) is 28.7 Å². The smallest absolute Gasteiger partial charge is 0.490 e. The van der Waals surface area contributed by atoms with Crippen LogP contribution >= 0.6 is 0 Å². The van der Waals surface area contributed by atoms with E-state index in [2.05, 4.69) is 27.2 Å². The minimum Gasteiger partial charge on any atom is -0.494 e. The largest absolute Gasteiger partial charge is 0.494 e. The van der Waals surface area contributed by atoms with Crippen molar-refractivity contribution in [3.63, 3.8) is 0 Å². The lowest BCUT2D eigenvalue weighted by molar-refractivity contribution is -0.193. The second-order valence-electron chi connectivity index (χ2n) is 13.0. The number of piperidine rings is 1. The van der Waals surface area contributed by atoms with Crippen LogP contribution in [0, 0.1) is 5.82 Å². The molecule has 0 aliphatic carbocycles. The number of benzene rings is 3. The molecular formula is C39H38F10N6O8. The zero-order chi connectivity index (χ0) is 47.3. The van der Waals surface area contributed by atoms with Crippen molar-refractivity contribution in [2.45, 2.75) is 50.4 Å². The van der Waals surface area contributed by atoms with E-state index in [1.54, 1.807) is 24.5 Å². The van der Waals surface area contributed by atoms with Gasteiger partial charge < -0.3 is 45.7 Å². The number of pyridine rings is 1. The number of rotatable bonds is 9. The van der Waals surface area contributed by atoms with Crippen LogP contribution in [0.15, 0.2) is 79.1 Å². The predicted molar refractivity (Wildman–Crippen MR) is 205 cm³/mol. The molecule has 3 aromatic carbocycles. The van der Waals surface area contributed by atoms with Gasteiger partial charge in [-0.05, 0) is 68.1 Å². The Balaban J connectivity index is 0.000000416. The van der Waals surface area contributed by atoms with Gasteiger partial charge in [-0.3, -0.25) is 0 Å². The number of ether oxygens (including phenoxy) is 2. The number of hydrogen-bond donors (Lipinski definition) is 6. The normalized spacial score (nSPS) is 13.8. The minimum absolute atomic E-state index is 0.0697. The third kappa shape index (κ3) is 15.5. The number of likely N-dealkylation sites (tertiary alicyclic amines) is 1. The van der Waals surface area contributed by atoms with Gasteiger partial charge in [0.05, 0.1) is 18.5 Å². The Hall–Kier alpha value is -6.85. The fourth-order valence-electron chi connectivity index (χ4n) is 5.42. The fraction of sp³-hybridized carbons (Fsp3) is 0.308. The van der Waals surface area contributed by atoms with Crippen molar-refractivity contribution in [1.82, 2.24) is 19.9 Å². The SMILES string of the molecule is CCOc1cc(OC2CCN(C)CC2)c(F)c(C(Nc2ccc3c(N)nccc3c2)c2ncc(-c3ccccc3)[nH]2)c1.O=C(O)C(F)(F)F.O=C(O)C(F)(F)F.O=C(O)C(F)(F)F. The number of aromatic nitrogens is 3. The molecule has 0 bridgehead atoms. The fourth-order valence-corrected chi connectivity index (χ4v) is 5.42. The van der Waals surface area contributed by atoms with E-state index in [9.17, 15) is 39.5 Å². The maximum absolute atomic E-state index is 16.5. The molecule has 342 valence electrons. The van der Waals surface area contributed by atoms with Crippen molar-refractivity contribution in [2.24, 2.45) is 0 Å². The molecule has 0 spiro atoms. The Morgan fingerprint density at radius 2 is 1.41 bits per heavy atom. The van der Waals surface area contributed by atoms with Gasteiger partial charge in [-0.15, -0.1) is 0 Å². The number of nitrogens with zero attached hydrogens (tertiary/aromatic N) is 3. The molecule has 1 atom stereocenters. The summed E-state index contributed by atoms with van der Waals surface area (Å²) in [6.07, 6.45) is -10.2. The molecule has 1 aliphatic rings. The van der Waals surface area contributed by atoms with Crippen LogP contribution < -0.4 is 20.5 Å². The number of fused-ring (bicyclic) bond motifs is 1. The van der Waals surface area contributed by atoms with E-state index >= 15 is 4.39 Å². The van der Waals surface area contributed by atoms with Crippen LogP contribution in [0.3, 0.4) is 0 Å². The van der Waals surface area contributed by atoms with E-state index in [0.29, 0.717) is 29.6 Å². The monoisotopic (exact) mass is 908 g/mol. The molecule has 1 saturated heterocycles. The standard InChI is InChI=1S/C33H35FN6O2.3C2HF3O2/c1-3-41-25-18-27(30(34)29(19-25)42-24-12-15-40(2)16-13-24)31(33-37-20-28(39-33)21-7-5-4-6-8-21)38-23-9-10-26-22(17-23)11-14-36-32(26)35;3*3-2(4,5)1(6)7/h4-11,14,17-20,24,31,38H,3,12-13,15-16H2,1-2H3,(H2,35,36)(H,37,39);3*(H,6,7). The van der Waals surface area contributed by atoms with E-state index < -0.39 is 48.3 Å². The van der Waals surface area contributed by atoms with E-state index in [0.717, 1.165) is 53.6 Å². The summed E-state index contributed by atoms with van der Waals surface area (Å²) in [6, 6.07) is 20.3. The van der Waals surface area contributed by atoms with Gasteiger partial charge in [-0.2, -0.15) is 39.5 Å². The van der Waals surface area contributed by atoms with Crippen LogP contribution in [0.25, 0.3) is 22.0 Å². The third-order valence-electron chi connectivity index (χ3n) is 8.41. The van der Waals surface area contributed by atoms with E-state index in [-0.39, 0.29) is 11.9 Å². The zero-order valence-electron chi connectivity index (χ0n) is 32.8. The van der Waals surface area contributed by atoms with Gasteiger partial charge in [-0.1, -0.05) is 30.3 Å². The Morgan fingerprint density at radius 3 is 1.94 bits per heavy atom. The summed E-state index contributed by atoms with van der Waals surface area (Å²) in [6.45, 7) is 4.16. The first-order valence-corrected chi connectivity index (χ1v) is 18.0. The molecule has 14 nitrogen and oxygen atoms in total. The van der Waals surface area contributed by atoms with E-state index in [1.807, 2.05) is 61.5 Å². The number of imidazole rings is 1. The highest BCUT2D eigenvalue weighted by atomic mass is 19.4. The average Bonchev–Trinajstić information content (AvgIpc) is 3.70. The number of alkyl halides is 9. The van der Waals surface area contributed by atoms with Gasteiger partial charge in [0.25, 0.3) is 0 Å². The summed E-state index contributed by atoms with van der Waals surface area (Å²) < 4.78 is 124. The average molecular weight is 909 g/mol. The number of nitrogens with one attached hydrogen (secondary N) is 2. The Kier molecular flexibility index (Phi) is 17.5. The molecule has 6 rings (SSSR count). The van der Waals surface area contributed by atoms with Gasteiger partial charge in [0, 0.05) is 42.0 Å². The number of carbonyl (C=O) groups is 3. The highest BCUT2D eigenvalue weighted by Crippen LogP contribution is 2.37. The number of carboxylic acid groups (broad SMARTS) is 3. The van der Waals surface area contributed by atoms with Gasteiger partial charge in [0.15, 0.2) is 11.6 Å². The van der Waals surface area contributed by atoms with Crippen molar-refractivity contribution in [3.05, 3.63) is 96.3 Å². The van der Waals surface area contributed by atoms with Crippen LogP contribution in [0.4, 0.5) is 55.4 Å². The van der Waals surface area contributed by atoms with Crippen LogP contribution in [-0.4, -0.2) is 104 Å². The van der Waals surface area contributed by atoms with E-state index in [4.69, 9.17) is 49.9 Å². The molecule has 5 aromatic rings. The molecule has 0 saturated carbocycles. The number of aliphatic carboxylic acids is 3. The second-order valence-corrected chi connectivity index (χ2v) is 13.0. The number of H-pyrrole nitrogens is 1. The number of aromatic amines is 1. The van der Waals surface area contributed by atoms with Crippen LogP contribution in [0.5, 0.6) is 11.5 Å².